The van der Waals surface area contributed by atoms with Gasteiger partial charge in [0.1, 0.15) is 6.61 Å². The van der Waals surface area contributed by atoms with Gasteiger partial charge in [0.05, 0.1) is 6.10 Å². The summed E-state index contributed by atoms with van der Waals surface area (Å²) < 4.78 is 5.22. The molecule has 21 heavy (non-hydrogen) atoms. The maximum absolute atomic E-state index is 11.8. The van der Waals surface area contributed by atoms with Crippen molar-refractivity contribution in [2.75, 3.05) is 37.7 Å². The number of ether oxygens (including phenoxy) is 1. The molecule has 124 valence electrons. The van der Waals surface area contributed by atoms with Crippen LogP contribution in [-0.2, 0) is 4.74 Å². The predicted molar refractivity (Wildman–Crippen MR) is 88.1 cm³/mol. The van der Waals surface area contributed by atoms with E-state index in [2.05, 4.69) is 24.1 Å². The van der Waals surface area contributed by atoms with E-state index in [0.717, 1.165) is 5.75 Å². The molecule has 0 heterocycles. The van der Waals surface area contributed by atoms with Gasteiger partial charge in [-0.25, -0.2) is 14.8 Å². The molecule has 0 radical (unpaired) electrons. The van der Waals surface area contributed by atoms with Crippen molar-refractivity contribution in [2.24, 2.45) is 5.92 Å². The molecule has 0 fully saturated rings. The molecule has 1 amide bonds. The van der Waals surface area contributed by atoms with Gasteiger partial charge in [0.25, 0.3) is 0 Å². The zero-order chi connectivity index (χ0) is 15.9. The Morgan fingerprint density at radius 2 is 2.10 bits per heavy atom. The molecule has 0 aliphatic heterocycles. The van der Waals surface area contributed by atoms with Crippen molar-refractivity contribution in [2.45, 2.75) is 31.4 Å². The Balaban J connectivity index is 2.45. The molecule has 0 unspecified atom stereocenters. The summed E-state index contributed by atoms with van der Waals surface area (Å²) in [4.78, 5) is 11.8. The van der Waals surface area contributed by atoms with Crippen molar-refractivity contribution >= 4 is 16.1 Å². The number of alkyl carbamates (subject to hydrolysis) is 1. The summed E-state index contributed by atoms with van der Waals surface area (Å²) >= 11 is 0. The third-order valence-electron chi connectivity index (χ3n) is 3.62. The summed E-state index contributed by atoms with van der Waals surface area (Å²) in [7, 11) is -0.669. The molecule has 0 aromatic carbocycles. The van der Waals surface area contributed by atoms with Crippen LogP contribution in [0.25, 0.3) is 0 Å². The summed E-state index contributed by atoms with van der Waals surface area (Å²) in [5.41, 5.74) is 0. The zero-order valence-electron chi connectivity index (χ0n) is 13.2. The lowest BCUT2D eigenvalue weighted by atomic mass is 9.89. The molecule has 0 saturated heterocycles. The molecular weight excluding hydrogens is 290 g/mol. The van der Waals surface area contributed by atoms with Crippen LogP contribution in [0.5, 0.6) is 0 Å². The molecule has 0 aromatic heterocycles. The maximum atomic E-state index is 11.8. The Bertz CT molecular complexity index is 354. The minimum atomic E-state index is -0.669. The highest BCUT2D eigenvalue weighted by molar-refractivity contribution is 8.32. The molecule has 3 N–H and O–H groups in total. The molecule has 1 rings (SSSR count). The van der Waals surface area contributed by atoms with Gasteiger partial charge in [0, 0.05) is 24.3 Å². The normalized spacial score (nSPS) is 29.1. The molecule has 6 heteroatoms. The Hall–Kier alpha value is -0.720. The standard InChI is InChI=1S/C15H29NO4S/c1-21(2,3)10-9-20-15(19)16-14-6-4-5-13(18)8-7-12(14)11-17/h4-5,12-14,17-18H,6-11H2,1-3H3,(H,16,19)/b5-4+/t12-,13-,14-/m0/s1. The van der Waals surface area contributed by atoms with Gasteiger partial charge < -0.3 is 20.3 Å². The fraction of sp³-hybridized carbons (Fsp3) is 0.800. The second kappa shape index (κ2) is 8.66. The molecule has 3 atom stereocenters. The largest absolute Gasteiger partial charge is 0.449 e. The first-order valence-corrected chi connectivity index (χ1v) is 10.4. The lowest BCUT2D eigenvalue weighted by molar-refractivity contribution is 0.124. The van der Waals surface area contributed by atoms with Crippen molar-refractivity contribution < 1.29 is 19.7 Å². The third kappa shape index (κ3) is 7.74. The topological polar surface area (TPSA) is 78.8 Å². The van der Waals surface area contributed by atoms with Gasteiger partial charge in [-0.2, -0.15) is 0 Å². The molecule has 1 aliphatic carbocycles. The van der Waals surface area contributed by atoms with Gasteiger partial charge in [0.2, 0.25) is 0 Å². The quantitative estimate of drug-likeness (QED) is 0.671. The summed E-state index contributed by atoms with van der Waals surface area (Å²) in [5.74, 6) is 0.839. The van der Waals surface area contributed by atoms with Crippen molar-refractivity contribution in [1.82, 2.24) is 5.32 Å². The van der Waals surface area contributed by atoms with Crippen LogP contribution in [0.15, 0.2) is 12.2 Å². The first-order chi connectivity index (χ1) is 9.81. The van der Waals surface area contributed by atoms with E-state index in [0.29, 0.717) is 25.9 Å². The fourth-order valence-electron chi connectivity index (χ4n) is 2.23. The summed E-state index contributed by atoms with van der Waals surface area (Å²) in [6, 6.07) is -0.145. The van der Waals surface area contributed by atoms with Crippen molar-refractivity contribution in [3.63, 3.8) is 0 Å². The summed E-state index contributed by atoms with van der Waals surface area (Å²) in [5, 5.41) is 21.9. The van der Waals surface area contributed by atoms with E-state index in [4.69, 9.17) is 4.74 Å². The second-order valence-electron chi connectivity index (χ2n) is 6.43. The van der Waals surface area contributed by atoms with Crippen molar-refractivity contribution in [3.8, 4) is 0 Å². The van der Waals surface area contributed by atoms with Crippen LogP contribution in [0.4, 0.5) is 4.79 Å². The Labute approximate surface area is 129 Å². The van der Waals surface area contributed by atoms with Crippen molar-refractivity contribution in [1.29, 1.82) is 0 Å². The first kappa shape index (κ1) is 18.3. The van der Waals surface area contributed by atoms with Crippen LogP contribution in [0.3, 0.4) is 0 Å². The van der Waals surface area contributed by atoms with Gasteiger partial charge in [-0.1, -0.05) is 12.2 Å². The third-order valence-corrected chi connectivity index (χ3v) is 5.01. The Morgan fingerprint density at radius 3 is 2.71 bits per heavy atom. The van der Waals surface area contributed by atoms with E-state index in [-0.39, 0.29) is 18.6 Å². The van der Waals surface area contributed by atoms with Gasteiger partial charge in [-0.15, -0.1) is 0 Å². The number of aliphatic hydroxyl groups is 2. The molecule has 1 aliphatic rings. The number of hydrogen-bond acceptors (Lipinski definition) is 4. The Kier molecular flexibility index (Phi) is 7.56. The first-order valence-electron chi connectivity index (χ1n) is 7.36. The lowest BCUT2D eigenvalue weighted by Crippen LogP contribution is -2.42. The predicted octanol–water partition coefficient (Wildman–Crippen LogP) is 1.48. The molecule has 0 spiro atoms. The number of hydrogen-bond donors (Lipinski definition) is 3. The fourth-order valence-corrected chi connectivity index (χ4v) is 2.81. The second-order valence-corrected chi connectivity index (χ2v) is 11.0. The number of nitrogens with one attached hydrogen (secondary N) is 1. The average molecular weight is 319 g/mol. The van der Waals surface area contributed by atoms with E-state index < -0.39 is 22.2 Å². The van der Waals surface area contributed by atoms with Crippen LogP contribution < -0.4 is 5.32 Å². The van der Waals surface area contributed by atoms with Crippen molar-refractivity contribution in [3.05, 3.63) is 12.2 Å². The number of rotatable bonds is 5. The van der Waals surface area contributed by atoms with Crippen LogP contribution in [0.1, 0.15) is 19.3 Å². The van der Waals surface area contributed by atoms with E-state index in [1.807, 2.05) is 6.08 Å². The van der Waals surface area contributed by atoms with E-state index in [1.165, 1.54) is 0 Å². The smallest absolute Gasteiger partial charge is 0.407 e. The van der Waals surface area contributed by atoms with Gasteiger partial charge in [0.15, 0.2) is 0 Å². The van der Waals surface area contributed by atoms with E-state index >= 15 is 0 Å². The average Bonchev–Trinajstić information content (AvgIpc) is 2.35. The lowest BCUT2D eigenvalue weighted by Gasteiger charge is -2.28. The number of carbonyl (C=O) groups is 1. The van der Waals surface area contributed by atoms with Gasteiger partial charge in [-0.05, 0) is 38.0 Å². The molecule has 0 bridgehead atoms. The highest BCUT2D eigenvalue weighted by Crippen LogP contribution is 2.33. The number of amides is 1. The van der Waals surface area contributed by atoms with Gasteiger partial charge in [-0.3, -0.25) is 0 Å². The summed E-state index contributed by atoms with van der Waals surface area (Å²) in [6.07, 6.45) is 11.2. The molecule has 0 saturated carbocycles. The van der Waals surface area contributed by atoms with E-state index in [9.17, 15) is 15.0 Å². The highest BCUT2D eigenvalue weighted by atomic mass is 32.3. The van der Waals surface area contributed by atoms with Gasteiger partial charge >= 0.3 is 6.09 Å². The Morgan fingerprint density at radius 1 is 1.38 bits per heavy atom. The van der Waals surface area contributed by atoms with Crippen LogP contribution in [-0.4, -0.2) is 66.2 Å². The maximum Gasteiger partial charge on any atom is 0.407 e. The minimum absolute atomic E-state index is 0.00234. The number of carbonyl (C=O) groups excluding carboxylic acids is 1. The van der Waals surface area contributed by atoms with Crippen LogP contribution in [0, 0.1) is 5.92 Å². The molecular formula is C15H29NO4S. The van der Waals surface area contributed by atoms with E-state index in [1.54, 1.807) is 6.08 Å². The SMILES string of the molecule is CS(C)(C)CCOC(=O)N[C@H]1C/C=C/[C@H](O)CC[C@H]1CO. The van der Waals surface area contributed by atoms with Crippen LogP contribution in [0.2, 0.25) is 0 Å². The highest BCUT2D eigenvalue weighted by Gasteiger charge is 2.24. The summed E-state index contributed by atoms with van der Waals surface area (Å²) in [6.45, 7) is 0.424. The zero-order valence-corrected chi connectivity index (χ0v) is 14.1. The molecule has 5 nitrogen and oxygen atoms in total. The molecule has 0 aromatic rings. The van der Waals surface area contributed by atoms with Crippen LogP contribution >= 0.6 is 10.0 Å². The number of aliphatic hydroxyl groups excluding tert-OH is 2. The minimum Gasteiger partial charge on any atom is -0.449 e. The monoisotopic (exact) mass is 319 g/mol.